The molecule has 4 rings (SSSR count). The third-order valence-corrected chi connectivity index (χ3v) is 6.28. The molecule has 4 nitrogen and oxygen atoms in total. The van der Waals surface area contributed by atoms with Crippen molar-refractivity contribution >= 4 is 26.5 Å². The number of hydrogen-bond donors (Lipinski definition) is 1. The Balaban J connectivity index is 1.82. The molecule has 0 aliphatic carbocycles. The maximum absolute atomic E-state index is 12.8. The number of hydrogen-bond acceptors (Lipinski definition) is 2. The molecule has 1 aromatic heterocycles. The zero-order valence-electron chi connectivity index (χ0n) is 16.3. The van der Waals surface area contributed by atoms with E-state index >= 15 is 0 Å². The second-order valence-corrected chi connectivity index (χ2v) is 8.74. The van der Waals surface area contributed by atoms with Gasteiger partial charge in [0.15, 0.2) is 0 Å². The molecule has 5 heteroatoms. The molecule has 0 bridgehead atoms. The van der Waals surface area contributed by atoms with Crippen LogP contribution in [0.25, 0.3) is 16.5 Å². The highest BCUT2D eigenvalue weighted by Crippen LogP contribution is 2.31. The van der Waals surface area contributed by atoms with E-state index < -0.39 is 10.0 Å². The first-order valence-electron chi connectivity index (χ1n) is 9.35. The van der Waals surface area contributed by atoms with E-state index in [1.807, 2.05) is 62.6 Å². The number of aryl methyl sites for hydroxylation is 2. The van der Waals surface area contributed by atoms with Crippen LogP contribution in [0.2, 0.25) is 0 Å². The third-order valence-electron chi connectivity index (χ3n) is 4.96. The van der Waals surface area contributed by atoms with Gasteiger partial charge >= 0.3 is 0 Å². The monoisotopic (exact) mass is 402 g/mol. The predicted octanol–water partition coefficient (Wildman–Crippen LogP) is 4.85. The van der Waals surface area contributed by atoms with E-state index in [9.17, 15) is 8.42 Å². The summed E-state index contributed by atoms with van der Waals surface area (Å²) in [6, 6.07) is 24.7. The van der Waals surface area contributed by atoms with Crippen LogP contribution in [0.15, 0.2) is 96.2 Å². The lowest BCUT2D eigenvalue weighted by Crippen LogP contribution is -2.18. The van der Waals surface area contributed by atoms with Gasteiger partial charge in [-0.1, -0.05) is 66.2 Å². The minimum absolute atomic E-state index is 0.240. The average molecular weight is 403 g/mol. The van der Waals surface area contributed by atoms with Crippen LogP contribution in [-0.2, 0) is 17.1 Å². The summed E-state index contributed by atoms with van der Waals surface area (Å²) in [5.74, 6) is 0. The number of sulfonamides is 1. The Labute approximate surface area is 171 Å². The van der Waals surface area contributed by atoms with E-state index in [4.69, 9.17) is 0 Å². The van der Waals surface area contributed by atoms with Crippen molar-refractivity contribution in [1.29, 1.82) is 0 Å². The normalized spacial score (nSPS) is 12.3. The van der Waals surface area contributed by atoms with Crippen LogP contribution in [0.5, 0.6) is 0 Å². The summed E-state index contributed by atoms with van der Waals surface area (Å²) < 4.78 is 30.4. The first kappa shape index (κ1) is 19.0. The minimum atomic E-state index is -3.67. The summed E-state index contributed by atoms with van der Waals surface area (Å²) >= 11 is 0. The zero-order valence-corrected chi connectivity index (χ0v) is 17.1. The number of para-hydroxylation sites is 1. The Morgan fingerprint density at radius 1 is 0.897 bits per heavy atom. The quantitative estimate of drug-likeness (QED) is 0.519. The molecule has 0 saturated heterocycles. The Kier molecular flexibility index (Phi) is 4.99. The van der Waals surface area contributed by atoms with Crippen LogP contribution < -0.4 is 4.72 Å². The molecular weight excluding hydrogens is 380 g/mol. The molecule has 4 aromatic rings. The van der Waals surface area contributed by atoms with Crippen molar-refractivity contribution in [3.8, 4) is 0 Å². The van der Waals surface area contributed by atoms with Crippen LogP contribution >= 0.6 is 0 Å². The largest absolute Gasteiger partial charge is 0.350 e. The number of aromatic nitrogens is 1. The van der Waals surface area contributed by atoms with Gasteiger partial charge in [0.2, 0.25) is 0 Å². The highest BCUT2D eigenvalue weighted by atomic mass is 32.2. The van der Waals surface area contributed by atoms with E-state index in [0.717, 1.165) is 33.2 Å². The van der Waals surface area contributed by atoms with Crippen LogP contribution in [0.4, 0.5) is 0 Å². The van der Waals surface area contributed by atoms with Crippen molar-refractivity contribution in [2.24, 2.45) is 7.05 Å². The van der Waals surface area contributed by atoms with Gasteiger partial charge in [-0.25, -0.2) is 8.42 Å². The van der Waals surface area contributed by atoms with Gasteiger partial charge in [0.1, 0.15) is 0 Å². The molecule has 0 radical (unpaired) electrons. The molecule has 0 aliphatic heterocycles. The van der Waals surface area contributed by atoms with Crippen molar-refractivity contribution < 1.29 is 8.42 Å². The summed E-state index contributed by atoms with van der Waals surface area (Å²) in [4.78, 5) is 0.240. The van der Waals surface area contributed by atoms with Gasteiger partial charge in [-0.2, -0.15) is 0 Å². The Morgan fingerprint density at radius 3 is 2.28 bits per heavy atom. The maximum Gasteiger partial charge on any atom is 0.261 e. The zero-order chi connectivity index (χ0) is 20.4. The maximum atomic E-state index is 12.8. The summed E-state index contributed by atoms with van der Waals surface area (Å²) in [6.45, 7) is 1.93. The molecule has 0 aliphatic rings. The summed E-state index contributed by atoms with van der Waals surface area (Å²) in [5, 5.41) is 1.07. The summed E-state index contributed by atoms with van der Waals surface area (Å²) in [7, 11) is -1.68. The minimum Gasteiger partial charge on any atom is -0.350 e. The summed E-state index contributed by atoms with van der Waals surface area (Å²) in [6.07, 6.45) is 3.62. The first-order valence-corrected chi connectivity index (χ1v) is 10.8. The van der Waals surface area contributed by atoms with Crippen LogP contribution in [0.1, 0.15) is 16.7 Å². The fraction of sp³-hybridized carbons (Fsp3) is 0.0833. The van der Waals surface area contributed by atoms with E-state index in [-0.39, 0.29) is 4.90 Å². The van der Waals surface area contributed by atoms with Gasteiger partial charge in [0, 0.05) is 41.5 Å². The van der Waals surface area contributed by atoms with Gasteiger partial charge in [-0.3, -0.25) is 4.72 Å². The lowest BCUT2D eigenvalue weighted by molar-refractivity contribution is 0.590. The Bertz CT molecular complexity index is 1290. The van der Waals surface area contributed by atoms with E-state index in [0.29, 0.717) is 0 Å². The fourth-order valence-electron chi connectivity index (χ4n) is 3.41. The number of rotatable bonds is 5. The molecule has 29 heavy (non-hydrogen) atoms. The Morgan fingerprint density at radius 2 is 1.55 bits per heavy atom. The van der Waals surface area contributed by atoms with Crippen molar-refractivity contribution in [2.45, 2.75) is 11.8 Å². The lowest BCUT2D eigenvalue weighted by atomic mass is 9.98. The van der Waals surface area contributed by atoms with Gasteiger partial charge < -0.3 is 4.57 Å². The van der Waals surface area contributed by atoms with Crippen molar-refractivity contribution in [1.82, 2.24) is 9.29 Å². The first-order chi connectivity index (χ1) is 14.0. The van der Waals surface area contributed by atoms with Crippen molar-refractivity contribution in [3.05, 3.63) is 108 Å². The molecule has 3 aromatic carbocycles. The van der Waals surface area contributed by atoms with E-state index in [2.05, 4.69) is 21.4 Å². The van der Waals surface area contributed by atoms with Crippen molar-refractivity contribution in [3.63, 3.8) is 0 Å². The SMILES string of the molecule is Cc1ccc(S(=O)(=O)N/C=C(\c2ccccc2)c2cn(C)c3ccccc23)cc1. The second kappa shape index (κ2) is 7.60. The molecule has 146 valence electrons. The third kappa shape index (κ3) is 3.82. The number of benzene rings is 3. The highest BCUT2D eigenvalue weighted by Gasteiger charge is 2.16. The molecule has 0 atom stereocenters. The number of nitrogens with one attached hydrogen (secondary N) is 1. The van der Waals surface area contributed by atoms with Crippen LogP contribution in [0.3, 0.4) is 0 Å². The number of fused-ring (bicyclic) bond motifs is 1. The smallest absolute Gasteiger partial charge is 0.261 e. The van der Waals surface area contributed by atoms with Crippen LogP contribution in [0, 0.1) is 6.92 Å². The van der Waals surface area contributed by atoms with Crippen LogP contribution in [-0.4, -0.2) is 13.0 Å². The highest BCUT2D eigenvalue weighted by molar-refractivity contribution is 7.89. The standard InChI is InChI=1S/C24H22N2O2S/c1-18-12-14-20(15-13-18)29(27,28)25-16-22(19-8-4-3-5-9-19)23-17-26(2)24-11-7-6-10-21(23)24/h3-17,25H,1-2H3/b22-16+. The topological polar surface area (TPSA) is 51.1 Å². The second-order valence-electron chi connectivity index (χ2n) is 7.03. The fourth-order valence-corrected chi connectivity index (χ4v) is 4.32. The summed E-state index contributed by atoms with van der Waals surface area (Å²) in [5.41, 5.74) is 4.83. The van der Waals surface area contributed by atoms with Crippen molar-refractivity contribution in [2.75, 3.05) is 0 Å². The molecular formula is C24H22N2O2S. The van der Waals surface area contributed by atoms with E-state index in [1.54, 1.807) is 30.5 Å². The molecule has 1 N–H and O–H groups in total. The van der Waals surface area contributed by atoms with Gasteiger partial charge in [-0.05, 0) is 30.7 Å². The molecule has 0 spiro atoms. The van der Waals surface area contributed by atoms with Gasteiger partial charge in [0.05, 0.1) is 4.90 Å². The average Bonchev–Trinajstić information content (AvgIpc) is 3.06. The Hall–Kier alpha value is -3.31. The van der Waals surface area contributed by atoms with Gasteiger partial charge in [-0.15, -0.1) is 0 Å². The number of nitrogens with zero attached hydrogens (tertiary/aromatic N) is 1. The predicted molar refractivity (Wildman–Crippen MR) is 118 cm³/mol. The molecule has 1 heterocycles. The molecule has 0 fully saturated rings. The molecule has 0 amide bonds. The lowest BCUT2D eigenvalue weighted by Gasteiger charge is -2.10. The molecule has 0 unspecified atom stereocenters. The molecule has 0 saturated carbocycles. The van der Waals surface area contributed by atoms with E-state index in [1.165, 1.54) is 0 Å². The van der Waals surface area contributed by atoms with Gasteiger partial charge in [0.25, 0.3) is 10.0 Å².